The van der Waals surface area contributed by atoms with Gasteiger partial charge in [0.1, 0.15) is 5.82 Å². The summed E-state index contributed by atoms with van der Waals surface area (Å²) >= 11 is 4.13. The molecule has 0 aromatic carbocycles. The number of imidazole rings is 1. The molecule has 0 unspecified atom stereocenters. The summed E-state index contributed by atoms with van der Waals surface area (Å²) in [4.78, 5) is 11.3. The summed E-state index contributed by atoms with van der Waals surface area (Å²) in [6, 6.07) is 3.88. The summed E-state index contributed by atoms with van der Waals surface area (Å²) in [5.74, 6) is 1.51. The van der Waals surface area contributed by atoms with E-state index in [1.165, 1.54) is 0 Å². The van der Waals surface area contributed by atoms with Gasteiger partial charge in [-0.2, -0.15) is 12.6 Å². The van der Waals surface area contributed by atoms with Crippen molar-refractivity contribution >= 4 is 12.6 Å². The molecule has 0 atom stereocenters. The molecule has 2 aromatic rings. The molecule has 2 aromatic heterocycles. The standard InChI is InChI=1S/C9H9N3S/c13-6-9-11-5-8(12-9)7-1-3-10-4-2-7/h1-5,13H,6H2,(H,11,12). The van der Waals surface area contributed by atoms with Crippen LogP contribution in [0.1, 0.15) is 5.82 Å². The second-order valence-electron chi connectivity index (χ2n) is 2.64. The minimum absolute atomic E-state index is 0.630. The highest BCUT2D eigenvalue weighted by atomic mass is 32.1. The Morgan fingerprint density at radius 2 is 2.08 bits per heavy atom. The number of hydrogen-bond donors (Lipinski definition) is 2. The minimum Gasteiger partial charge on any atom is -0.341 e. The molecule has 0 bridgehead atoms. The normalized spacial score (nSPS) is 10.2. The van der Waals surface area contributed by atoms with E-state index in [2.05, 4.69) is 27.6 Å². The van der Waals surface area contributed by atoms with E-state index < -0.39 is 0 Å². The lowest BCUT2D eigenvalue weighted by Crippen LogP contribution is -1.80. The van der Waals surface area contributed by atoms with Crippen LogP contribution < -0.4 is 0 Å². The molecule has 0 fully saturated rings. The molecule has 2 rings (SSSR count). The van der Waals surface area contributed by atoms with Crippen LogP contribution in [0, 0.1) is 0 Å². The van der Waals surface area contributed by atoms with Gasteiger partial charge in [0.2, 0.25) is 0 Å². The molecule has 13 heavy (non-hydrogen) atoms. The zero-order chi connectivity index (χ0) is 9.10. The number of rotatable bonds is 2. The zero-order valence-electron chi connectivity index (χ0n) is 6.94. The third-order valence-corrected chi connectivity index (χ3v) is 2.07. The minimum atomic E-state index is 0.630. The van der Waals surface area contributed by atoms with Crippen molar-refractivity contribution in [3.8, 4) is 11.3 Å². The van der Waals surface area contributed by atoms with E-state index in [-0.39, 0.29) is 0 Å². The Bertz CT molecular complexity index is 383. The van der Waals surface area contributed by atoms with Crippen molar-refractivity contribution in [2.75, 3.05) is 0 Å². The molecule has 0 aliphatic carbocycles. The first kappa shape index (κ1) is 8.31. The molecule has 0 spiro atoms. The summed E-state index contributed by atoms with van der Waals surface area (Å²) in [6.45, 7) is 0. The van der Waals surface area contributed by atoms with Gasteiger partial charge in [-0.05, 0) is 12.1 Å². The lowest BCUT2D eigenvalue weighted by atomic mass is 10.2. The zero-order valence-corrected chi connectivity index (χ0v) is 7.83. The van der Waals surface area contributed by atoms with Gasteiger partial charge in [0, 0.05) is 23.7 Å². The predicted molar refractivity (Wildman–Crippen MR) is 54.5 cm³/mol. The fraction of sp³-hybridized carbons (Fsp3) is 0.111. The van der Waals surface area contributed by atoms with Crippen molar-refractivity contribution in [3.63, 3.8) is 0 Å². The highest BCUT2D eigenvalue weighted by molar-refractivity contribution is 7.79. The molecule has 0 amide bonds. The van der Waals surface area contributed by atoms with E-state index in [1.807, 2.05) is 12.1 Å². The van der Waals surface area contributed by atoms with E-state index >= 15 is 0 Å². The molecular formula is C9H9N3S. The number of thiol groups is 1. The maximum Gasteiger partial charge on any atom is 0.116 e. The SMILES string of the molecule is SCc1ncc(-c2ccncc2)[nH]1. The molecule has 0 saturated heterocycles. The van der Waals surface area contributed by atoms with Gasteiger partial charge in [0.15, 0.2) is 0 Å². The summed E-state index contributed by atoms with van der Waals surface area (Å²) in [5, 5.41) is 0. The molecule has 1 N–H and O–H groups in total. The molecule has 66 valence electrons. The number of nitrogens with zero attached hydrogens (tertiary/aromatic N) is 2. The van der Waals surface area contributed by atoms with Gasteiger partial charge < -0.3 is 4.98 Å². The van der Waals surface area contributed by atoms with Crippen LogP contribution in [0.25, 0.3) is 11.3 Å². The van der Waals surface area contributed by atoms with Crippen LogP contribution in [0.2, 0.25) is 0 Å². The van der Waals surface area contributed by atoms with E-state index in [0.717, 1.165) is 17.1 Å². The van der Waals surface area contributed by atoms with Gasteiger partial charge in [-0.25, -0.2) is 4.98 Å². The van der Waals surface area contributed by atoms with Crippen LogP contribution in [-0.2, 0) is 5.75 Å². The predicted octanol–water partition coefficient (Wildman–Crippen LogP) is 1.90. The lowest BCUT2D eigenvalue weighted by Gasteiger charge is -1.94. The summed E-state index contributed by atoms with van der Waals surface area (Å²) in [6.07, 6.45) is 5.33. The Hall–Kier alpha value is -1.29. The van der Waals surface area contributed by atoms with Gasteiger partial charge in [-0.15, -0.1) is 0 Å². The van der Waals surface area contributed by atoms with E-state index in [9.17, 15) is 0 Å². The van der Waals surface area contributed by atoms with E-state index in [0.29, 0.717) is 5.75 Å². The molecule has 0 saturated carbocycles. The molecule has 3 nitrogen and oxygen atoms in total. The van der Waals surface area contributed by atoms with Gasteiger partial charge in [-0.3, -0.25) is 4.98 Å². The van der Waals surface area contributed by atoms with Crippen molar-refractivity contribution in [2.24, 2.45) is 0 Å². The number of nitrogens with one attached hydrogen (secondary N) is 1. The van der Waals surface area contributed by atoms with E-state index in [1.54, 1.807) is 18.6 Å². The first-order chi connectivity index (χ1) is 6.40. The number of pyridine rings is 1. The maximum atomic E-state index is 4.16. The summed E-state index contributed by atoms with van der Waals surface area (Å²) in [7, 11) is 0. The van der Waals surface area contributed by atoms with Gasteiger partial charge in [0.05, 0.1) is 11.9 Å². The van der Waals surface area contributed by atoms with Crippen LogP contribution in [0.15, 0.2) is 30.7 Å². The average molecular weight is 191 g/mol. The number of aromatic nitrogens is 3. The van der Waals surface area contributed by atoms with Gasteiger partial charge >= 0.3 is 0 Å². The van der Waals surface area contributed by atoms with Gasteiger partial charge in [0.25, 0.3) is 0 Å². The Balaban J connectivity index is 2.36. The Labute approximate surface area is 81.7 Å². The first-order valence-electron chi connectivity index (χ1n) is 3.95. The number of aromatic amines is 1. The summed E-state index contributed by atoms with van der Waals surface area (Å²) in [5.41, 5.74) is 2.10. The first-order valence-corrected chi connectivity index (χ1v) is 4.58. The Kier molecular flexibility index (Phi) is 2.31. The third kappa shape index (κ3) is 1.72. The van der Waals surface area contributed by atoms with Crippen LogP contribution in [-0.4, -0.2) is 15.0 Å². The summed E-state index contributed by atoms with van der Waals surface area (Å²) < 4.78 is 0. The fourth-order valence-electron chi connectivity index (χ4n) is 1.12. The quantitative estimate of drug-likeness (QED) is 0.712. The fourth-order valence-corrected chi connectivity index (χ4v) is 1.28. The van der Waals surface area contributed by atoms with Gasteiger partial charge in [-0.1, -0.05) is 0 Å². The molecular weight excluding hydrogens is 182 g/mol. The van der Waals surface area contributed by atoms with Crippen LogP contribution >= 0.6 is 12.6 Å². The largest absolute Gasteiger partial charge is 0.341 e. The van der Waals surface area contributed by atoms with E-state index in [4.69, 9.17) is 0 Å². The van der Waals surface area contributed by atoms with Crippen molar-refractivity contribution in [3.05, 3.63) is 36.5 Å². The monoisotopic (exact) mass is 191 g/mol. The lowest BCUT2D eigenvalue weighted by molar-refractivity contribution is 1.13. The third-order valence-electron chi connectivity index (χ3n) is 1.77. The van der Waals surface area contributed by atoms with Crippen LogP contribution in [0.3, 0.4) is 0 Å². The van der Waals surface area contributed by atoms with Crippen LogP contribution in [0.5, 0.6) is 0 Å². The highest BCUT2D eigenvalue weighted by Gasteiger charge is 2.00. The number of H-pyrrole nitrogens is 1. The highest BCUT2D eigenvalue weighted by Crippen LogP contribution is 2.15. The number of hydrogen-bond acceptors (Lipinski definition) is 3. The maximum absolute atomic E-state index is 4.16. The molecule has 4 heteroatoms. The molecule has 0 aliphatic heterocycles. The van der Waals surface area contributed by atoms with Crippen molar-refractivity contribution < 1.29 is 0 Å². The molecule has 0 radical (unpaired) electrons. The average Bonchev–Trinajstić information content (AvgIpc) is 2.67. The molecule has 2 heterocycles. The van der Waals surface area contributed by atoms with Crippen LogP contribution in [0.4, 0.5) is 0 Å². The Morgan fingerprint density at radius 1 is 1.31 bits per heavy atom. The Morgan fingerprint density at radius 3 is 2.69 bits per heavy atom. The van der Waals surface area contributed by atoms with Crippen molar-refractivity contribution in [2.45, 2.75) is 5.75 Å². The topological polar surface area (TPSA) is 41.6 Å². The smallest absolute Gasteiger partial charge is 0.116 e. The molecule has 0 aliphatic rings. The van der Waals surface area contributed by atoms with Crippen molar-refractivity contribution in [1.82, 2.24) is 15.0 Å². The van der Waals surface area contributed by atoms with Crippen molar-refractivity contribution in [1.29, 1.82) is 0 Å². The second-order valence-corrected chi connectivity index (χ2v) is 2.95. The second kappa shape index (κ2) is 3.62.